The van der Waals surface area contributed by atoms with Crippen LogP contribution in [0.25, 0.3) is 50.2 Å². The van der Waals surface area contributed by atoms with Crippen LogP contribution in [-0.4, -0.2) is 35.8 Å². The Labute approximate surface area is 219 Å². The third-order valence-electron chi connectivity index (χ3n) is 7.50. The van der Waals surface area contributed by atoms with Gasteiger partial charge < -0.3 is 10.8 Å². The van der Waals surface area contributed by atoms with Crippen molar-refractivity contribution in [2.24, 2.45) is 5.73 Å². The van der Waals surface area contributed by atoms with E-state index in [2.05, 4.69) is 47.4 Å². The monoisotopic (exact) mass is 498 g/mol. The molecule has 38 heavy (non-hydrogen) atoms. The van der Waals surface area contributed by atoms with E-state index in [4.69, 9.17) is 20.8 Å². The first-order valence-corrected chi connectivity index (χ1v) is 12.7. The molecule has 7 heteroatoms. The second-order valence-electron chi connectivity index (χ2n) is 10.2. The van der Waals surface area contributed by atoms with Crippen LogP contribution in [0.5, 0.6) is 0 Å². The molecule has 0 amide bonds. The van der Waals surface area contributed by atoms with Crippen LogP contribution in [0.4, 0.5) is 0 Å². The number of nitrogens with two attached hydrogens (primary N) is 1. The number of nitrogens with zero attached hydrogens (tertiary/aromatic N) is 5. The Hall–Kier alpha value is -4.46. The smallest absolute Gasteiger partial charge is 0.165 e. The summed E-state index contributed by atoms with van der Waals surface area (Å²) in [7, 11) is 0. The molecule has 6 aromatic rings. The van der Waals surface area contributed by atoms with E-state index in [-0.39, 0.29) is 6.10 Å². The standard InChI is InChI=1S/C31H26N6O/c1-19-14-26-34-18-25-27(22-8-5-13-33-17-22)28(20-6-3-2-4-7-20)29(35-30(25)37(26)36-19)21-9-11-23(12-10-21)31(32)15-24(38)16-31/h2-14,17-18,24,38H,15-16,32H2,1H3/t24-,31-. The highest BCUT2D eigenvalue weighted by atomic mass is 16.3. The molecule has 0 spiro atoms. The number of rotatable bonds is 4. The van der Waals surface area contributed by atoms with Crippen molar-refractivity contribution < 1.29 is 5.11 Å². The second kappa shape index (κ2) is 8.55. The van der Waals surface area contributed by atoms with Crippen LogP contribution in [0.1, 0.15) is 24.1 Å². The number of benzene rings is 2. The lowest BCUT2D eigenvalue weighted by Gasteiger charge is -2.42. The molecule has 0 atom stereocenters. The number of aryl methyl sites for hydroxylation is 1. The van der Waals surface area contributed by atoms with Gasteiger partial charge in [0.15, 0.2) is 11.3 Å². The maximum atomic E-state index is 9.86. The van der Waals surface area contributed by atoms with Gasteiger partial charge in [-0.15, -0.1) is 0 Å². The molecule has 7 nitrogen and oxygen atoms in total. The molecule has 4 heterocycles. The van der Waals surface area contributed by atoms with Crippen molar-refractivity contribution in [1.29, 1.82) is 0 Å². The molecule has 1 fully saturated rings. The minimum Gasteiger partial charge on any atom is -0.393 e. The number of hydrogen-bond donors (Lipinski definition) is 2. The average molecular weight is 499 g/mol. The van der Waals surface area contributed by atoms with Crippen molar-refractivity contribution in [2.75, 3.05) is 0 Å². The molecule has 0 aliphatic heterocycles. The van der Waals surface area contributed by atoms with Gasteiger partial charge in [-0.25, -0.2) is 9.97 Å². The van der Waals surface area contributed by atoms with E-state index in [1.807, 2.05) is 54.2 Å². The van der Waals surface area contributed by atoms with Gasteiger partial charge in [0, 0.05) is 57.8 Å². The lowest BCUT2D eigenvalue weighted by Crippen LogP contribution is -2.51. The summed E-state index contributed by atoms with van der Waals surface area (Å²) in [5.41, 5.74) is 15.3. The van der Waals surface area contributed by atoms with Gasteiger partial charge in [-0.2, -0.15) is 9.61 Å². The Morgan fingerprint density at radius 1 is 0.895 bits per heavy atom. The zero-order valence-corrected chi connectivity index (χ0v) is 20.9. The van der Waals surface area contributed by atoms with Gasteiger partial charge >= 0.3 is 0 Å². The summed E-state index contributed by atoms with van der Waals surface area (Å²) >= 11 is 0. The first-order valence-electron chi connectivity index (χ1n) is 12.7. The molecule has 2 aromatic carbocycles. The van der Waals surface area contributed by atoms with Gasteiger partial charge in [0.2, 0.25) is 0 Å². The highest BCUT2D eigenvalue weighted by Crippen LogP contribution is 2.44. The largest absolute Gasteiger partial charge is 0.393 e. The molecule has 3 N–H and O–H groups in total. The van der Waals surface area contributed by atoms with Crippen LogP contribution in [0.2, 0.25) is 0 Å². The Kier molecular flexibility index (Phi) is 5.11. The van der Waals surface area contributed by atoms with E-state index in [1.54, 1.807) is 6.20 Å². The molecule has 0 saturated heterocycles. The van der Waals surface area contributed by atoms with Gasteiger partial charge in [-0.3, -0.25) is 4.98 Å². The van der Waals surface area contributed by atoms with Crippen molar-refractivity contribution in [3.8, 4) is 33.5 Å². The zero-order chi connectivity index (χ0) is 25.9. The molecule has 0 radical (unpaired) electrons. The maximum Gasteiger partial charge on any atom is 0.165 e. The normalized spacial score (nSPS) is 19.1. The minimum absolute atomic E-state index is 0.331. The summed E-state index contributed by atoms with van der Waals surface area (Å²) in [5, 5.41) is 15.5. The molecule has 4 aromatic heterocycles. The van der Waals surface area contributed by atoms with E-state index in [0.717, 1.165) is 61.4 Å². The number of fused-ring (bicyclic) bond motifs is 3. The van der Waals surface area contributed by atoms with E-state index >= 15 is 0 Å². The van der Waals surface area contributed by atoms with Crippen LogP contribution in [0.15, 0.2) is 91.4 Å². The van der Waals surface area contributed by atoms with Crippen LogP contribution < -0.4 is 5.73 Å². The zero-order valence-electron chi connectivity index (χ0n) is 20.9. The quantitative estimate of drug-likeness (QED) is 0.342. The lowest BCUT2D eigenvalue weighted by atomic mass is 9.70. The van der Waals surface area contributed by atoms with Gasteiger partial charge in [0.25, 0.3) is 0 Å². The highest BCUT2D eigenvalue weighted by molar-refractivity contribution is 6.06. The van der Waals surface area contributed by atoms with Crippen LogP contribution in [-0.2, 0) is 5.54 Å². The molecule has 0 unspecified atom stereocenters. The maximum absolute atomic E-state index is 9.86. The fraction of sp³-hybridized carbons (Fsp3) is 0.161. The molecule has 1 aliphatic carbocycles. The number of aromatic nitrogens is 5. The summed E-state index contributed by atoms with van der Waals surface area (Å²) in [6, 6.07) is 24.6. The summed E-state index contributed by atoms with van der Waals surface area (Å²) < 4.78 is 1.82. The fourth-order valence-corrected chi connectivity index (χ4v) is 5.62. The molecular weight excluding hydrogens is 472 g/mol. The van der Waals surface area contributed by atoms with E-state index < -0.39 is 5.54 Å². The Balaban J connectivity index is 1.56. The van der Waals surface area contributed by atoms with E-state index in [1.165, 1.54) is 0 Å². The third-order valence-corrected chi connectivity index (χ3v) is 7.50. The van der Waals surface area contributed by atoms with Crippen LogP contribution in [0.3, 0.4) is 0 Å². The summed E-state index contributed by atoms with van der Waals surface area (Å²) in [6.45, 7) is 1.96. The SMILES string of the molecule is Cc1cc2ncc3c(-c4cccnc4)c(-c4ccccc4)c(-c4ccc([C@]5(N)C[C@H](O)C5)cc4)nc3n2n1. The molecule has 7 rings (SSSR count). The molecule has 0 bridgehead atoms. The van der Waals surface area contributed by atoms with Crippen molar-refractivity contribution in [3.63, 3.8) is 0 Å². The first-order chi connectivity index (χ1) is 18.5. The Morgan fingerprint density at radius 2 is 1.66 bits per heavy atom. The molecular formula is C31H26N6O. The van der Waals surface area contributed by atoms with Gasteiger partial charge in [0.05, 0.1) is 17.5 Å². The van der Waals surface area contributed by atoms with Gasteiger partial charge in [0.1, 0.15) is 0 Å². The molecule has 1 saturated carbocycles. The van der Waals surface area contributed by atoms with Gasteiger partial charge in [-0.1, -0.05) is 60.7 Å². The predicted molar refractivity (Wildman–Crippen MR) is 148 cm³/mol. The third kappa shape index (κ3) is 3.59. The number of hydrogen-bond acceptors (Lipinski definition) is 6. The van der Waals surface area contributed by atoms with Crippen molar-refractivity contribution in [2.45, 2.75) is 31.4 Å². The minimum atomic E-state index is -0.484. The Morgan fingerprint density at radius 3 is 2.37 bits per heavy atom. The summed E-state index contributed by atoms with van der Waals surface area (Å²) in [4.78, 5) is 14.4. The van der Waals surface area contributed by atoms with Crippen LogP contribution >= 0.6 is 0 Å². The van der Waals surface area contributed by atoms with Crippen molar-refractivity contribution in [3.05, 3.63) is 103 Å². The second-order valence-corrected chi connectivity index (χ2v) is 10.2. The van der Waals surface area contributed by atoms with Gasteiger partial charge in [-0.05, 0) is 37.0 Å². The first kappa shape index (κ1) is 22.7. The Bertz CT molecular complexity index is 1790. The molecule has 186 valence electrons. The molecule has 1 aliphatic rings. The van der Waals surface area contributed by atoms with Crippen molar-refractivity contribution in [1.82, 2.24) is 24.6 Å². The topological polar surface area (TPSA) is 102 Å². The van der Waals surface area contributed by atoms with Crippen molar-refractivity contribution >= 4 is 16.7 Å². The average Bonchev–Trinajstić information content (AvgIpc) is 3.33. The van der Waals surface area contributed by atoms with Crippen LogP contribution in [0, 0.1) is 6.92 Å². The lowest BCUT2D eigenvalue weighted by molar-refractivity contribution is 0.0209. The summed E-state index contributed by atoms with van der Waals surface area (Å²) in [5.74, 6) is 0. The highest BCUT2D eigenvalue weighted by Gasteiger charge is 2.41. The number of pyridine rings is 2. The van der Waals surface area contributed by atoms with E-state index in [9.17, 15) is 5.11 Å². The number of aliphatic hydroxyl groups is 1. The predicted octanol–water partition coefficient (Wildman–Crippen LogP) is 5.29. The fourth-order valence-electron chi connectivity index (χ4n) is 5.62. The van der Waals surface area contributed by atoms with E-state index in [0.29, 0.717) is 12.8 Å². The summed E-state index contributed by atoms with van der Waals surface area (Å²) in [6.07, 6.45) is 6.37. The number of aliphatic hydroxyl groups excluding tert-OH is 1.